The number of ketones is 1. The summed E-state index contributed by atoms with van der Waals surface area (Å²) in [5, 5.41) is 0.728. The Balaban J connectivity index is 1.68. The van der Waals surface area contributed by atoms with E-state index in [1.165, 1.54) is 6.07 Å². The SMILES string of the molecule is O=C(COC(=O)c1cc2ccccc2o1)c1ccc(F)c(F)c1. The van der Waals surface area contributed by atoms with E-state index in [1.807, 2.05) is 0 Å². The van der Waals surface area contributed by atoms with Crippen LogP contribution in [0.25, 0.3) is 11.0 Å². The van der Waals surface area contributed by atoms with Gasteiger partial charge in [0.05, 0.1) is 0 Å². The average molecular weight is 316 g/mol. The molecule has 0 bridgehead atoms. The molecule has 0 amide bonds. The highest BCUT2D eigenvalue weighted by atomic mass is 19.2. The van der Waals surface area contributed by atoms with E-state index in [0.29, 0.717) is 5.58 Å². The van der Waals surface area contributed by atoms with E-state index in [0.717, 1.165) is 23.6 Å². The van der Waals surface area contributed by atoms with E-state index in [1.54, 1.807) is 24.3 Å². The Labute approximate surface area is 129 Å². The van der Waals surface area contributed by atoms with E-state index in [4.69, 9.17) is 9.15 Å². The van der Waals surface area contributed by atoms with Gasteiger partial charge < -0.3 is 9.15 Å². The molecule has 0 radical (unpaired) electrons. The fourth-order valence-electron chi connectivity index (χ4n) is 2.04. The molecule has 6 heteroatoms. The van der Waals surface area contributed by atoms with Gasteiger partial charge in [0, 0.05) is 10.9 Å². The summed E-state index contributed by atoms with van der Waals surface area (Å²) in [6, 6.07) is 11.2. The summed E-state index contributed by atoms with van der Waals surface area (Å²) in [6.45, 7) is -0.596. The quantitative estimate of drug-likeness (QED) is 0.543. The summed E-state index contributed by atoms with van der Waals surface area (Å²) < 4.78 is 36.0. The van der Waals surface area contributed by atoms with E-state index in [9.17, 15) is 18.4 Å². The smallest absolute Gasteiger partial charge is 0.374 e. The highest BCUT2D eigenvalue weighted by molar-refractivity contribution is 5.99. The number of halogens is 2. The molecule has 0 aliphatic heterocycles. The first kappa shape index (κ1) is 14.9. The molecule has 0 saturated heterocycles. The standard InChI is InChI=1S/C17H10F2O4/c18-12-6-5-10(7-13(12)19)14(20)9-22-17(21)16-8-11-3-1-2-4-15(11)23-16/h1-8H,9H2. The van der Waals surface area contributed by atoms with Crippen LogP contribution in [0, 0.1) is 11.6 Å². The monoisotopic (exact) mass is 316 g/mol. The van der Waals surface area contributed by atoms with Crippen LogP contribution < -0.4 is 0 Å². The maximum Gasteiger partial charge on any atom is 0.374 e. The van der Waals surface area contributed by atoms with Crippen LogP contribution in [-0.4, -0.2) is 18.4 Å². The minimum atomic E-state index is -1.14. The number of ether oxygens (including phenoxy) is 1. The molecule has 1 heterocycles. The number of carbonyl (C=O) groups excluding carboxylic acids is 2. The Morgan fingerprint density at radius 2 is 1.78 bits per heavy atom. The Morgan fingerprint density at radius 1 is 1.00 bits per heavy atom. The Kier molecular flexibility index (Phi) is 3.89. The molecule has 0 unspecified atom stereocenters. The number of hydrogen-bond acceptors (Lipinski definition) is 4. The summed E-state index contributed by atoms with van der Waals surface area (Å²) in [5.74, 6) is -3.69. The first-order valence-corrected chi connectivity index (χ1v) is 6.68. The predicted molar refractivity (Wildman–Crippen MR) is 77.2 cm³/mol. The molecule has 0 spiro atoms. The number of Topliss-reactive ketones (excluding diaryl/α,β-unsaturated/α-hetero) is 1. The van der Waals surface area contributed by atoms with Gasteiger partial charge in [0.25, 0.3) is 0 Å². The van der Waals surface area contributed by atoms with Crippen LogP contribution in [0.2, 0.25) is 0 Å². The van der Waals surface area contributed by atoms with Crippen LogP contribution >= 0.6 is 0 Å². The molecular formula is C17H10F2O4. The van der Waals surface area contributed by atoms with E-state index in [2.05, 4.69) is 0 Å². The lowest BCUT2D eigenvalue weighted by molar-refractivity contribution is 0.0446. The molecule has 116 valence electrons. The minimum absolute atomic E-state index is 0.0377. The van der Waals surface area contributed by atoms with E-state index in [-0.39, 0.29) is 11.3 Å². The first-order valence-electron chi connectivity index (χ1n) is 6.68. The molecule has 3 aromatic rings. The zero-order chi connectivity index (χ0) is 16.4. The summed E-state index contributed by atoms with van der Waals surface area (Å²) in [6.07, 6.45) is 0. The van der Waals surface area contributed by atoms with Crippen molar-refractivity contribution in [2.75, 3.05) is 6.61 Å². The second kappa shape index (κ2) is 6.00. The molecule has 3 rings (SSSR count). The van der Waals surface area contributed by atoms with Crippen LogP contribution in [0.15, 0.2) is 52.9 Å². The Hall–Kier alpha value is -3.02. The number of carbonyl (C=O) groups is 2. The largest absolute Gasteiger partial charge is 0.451 e. The van der Waals surface area contributed by atoms with Crippen LogP contribution in [0.4, 0.5) is 8.78 Å². The second-order valence-corrected chi connectivity index (χ2v) is 4.78. The maximum atomic E-state index is 13.1. The first-order chi connectivity index (χ1) is 11.0. The fourth-order valence-corrected chi connectivity index (χ4v) is 2.04. The van der Waals surface area contributed by atoms with Crippen LogP contribution in [0.3, 0.4) is 0 Å². The summed E-state index contributed by atoms with van der Waals surface area (Å²) in [4.78, 5) is 23.7. The number of hydrogen-bond donors (Lipinski definition) is 0. The zero-order valence-electron chi connectivity index (χ0n) is 11.7. The van der Waals surface area contributed by atoms with Gasteiger partial charge in [-0.15, -0.1) is 0 Å². The number of para-hydroxylation sites is 1. The lowest BCUT2D eigenvalue weighted by Crippen LogP contribution is -2.14. The lowest BCUT2D eigenvalue weighted by Gasteiger charge is -2.03. The average Bonchev–Trinajstić information content (AvgIpc) is 2.99. The van der Waals surface area contributed by atoms with Gasteiger partial charge >= 0.3 is 5.97 Å². The molecule has 0 fully saturated rings. The Morgan fingerprint density at radius 3 is 2.52 bits per heavy atom. The molecule has 23 heavy (non-hydrogen) atoms. The van der Waals surface area contributed by atoms with Crippen molar-refractivity contribution in [1.82, 2.24) is 0 Å². The van der Waals surface area contributed by atoms with Crippen molar-refractivity contribution in [2.45, 2.75) is 0 Å². The summed E-state index contributed by atoms with van der Waals surface area (Å²) >= 11 is 0. The normalized spacial score (nSPS) is 10.7. The number of esters is 1. The van der Waals surface area contributed by atoms with Crippen LogP contribution in [0.1, 0.15) is 20.9 Å². The summed E-state index contributed by atoms with van der Waals surface area (Å²) in [7, 11) is 0. The van der Waals surface area contributed by atoms with E-state index < -0.39 is 30.0 Å². The van der Waals surface area contributed by atoms with Crippen LogP contribution in [0.5, 0.6) is 0 Å². The third-order valence-corrected chi connectivity index (χ3v) is 3.20. The number of fused-ring (bicyclic) bond motifs is 1. The van der Waals surface area contributed by atoms with Crippen molar-refractivity contribution in [2.24, 2.45) is 0 Å². The van der Waals surface area contributed by atoms with Gasteiger partial charge in [-0.1, -0.05) is 18.2 Å². The molecule has 1 aromatic heterocycles. The molecule has 0 aliphatic carbocycles. The number of rotatable bonds is 4. The fraction of sp³-hybridized carbons (Fsp3) is 0.0588. The molecule has 0 saturated carbocycles. The lowest BCUT2D eigenvalue weighted by atomic mass is 10.1. The number of furan rings is 1. The van der Waals surface area contributed by atoms with Crippen molar-refractivity contribution >= 4 is 22.7 Å². The van der Waals surface area contributed by atoms with E-state index >= 15 is 0 Å². The van der Waals surface area contributed by atoms with Gasteiger partial charge in [-0.2, -0.15) is 0 Å². The van der Waals surface area contributed by atoms with Crippen molar-refractivity contribution in [3.8, 4) is 0 Å². The highest BCUT2D eigenvalue weighted by Crippen LogP contribution is 2.19. The van der Waals surface area contributed by atoms with Gasteiger partial charge in [0.2, 0.25) is 5.76 Å². The topological polar surface area (TPSA) is 56.5 Å². The molecule has 2 aromatic carbocycles. The summed E-state index contributed by atoms with van der Waals surface area (Å²) in [5.41, 5.74) is 0.438. The van der Waals surface area contributed by atoms with Gasteiger partial charge in [-0.25, -0.2) is 13.6 Å². The maximum absolute atomic E-state index is 13.1. The van der Waals surface area contributed by atoms with Gasteiger partial charge in [-0.3, -0.25) is 4.79 Å². The second-order valence-electron chi connectivity index (χ2n) is 4.78. The third kappa shape index (κ3) is 3.11. The van der Waals surface area contributed by atoms with Crippen molar-refractivity contribution in [1.29, 1.82) is 0 Å². The van der Waals surface area contributed by atoms with Crippen molar-refractivity contribution < 1.29 is 27.5 Å². The molecule has 4 nitrogen and oxygen atoms in total. The van der Waals surface area contributed by atoms with Crippen molar-refractivity contribution in [3.63, 3.8) is 0 Å². The Bertz CT molecular complexity index is 865. The zero-order valence-corrected chi connectivity index (χ0v) is 11.7. The highest BCUT2D eigenvalue weighted by Gasteiger charge is 2.17. The van der Waals surface area contributed by atoms with Gasteiger partial charge in [0.1, 0.15) is 5.58 Å². The van der Waals surface area contributed by atoms with Gasteiger partial charge in [0.15, 0.2) is 24.0 Å². The van der Waals surface area contributed by atoms with Crippen LogP contribution in [-0.2, 0) is 4.74 Å². The minimum Gasteiger partial charge on any atom is -0.451 e. The molecule has 0 N–H and O–H groups in total. The third-order valence-electron chi connectivity index (χ3n) is 3.20. The number of benzene rings is 2. The molecular weight excluding hydrogens is 306 g/mol. The predicted octanol–water partition coefficient (Wildman–Crippen LogP) is 3.75. The van der Waals surface area contributed by atoms with Crippen molar-refractivity contribution in [3.05, 3.63) is 71.5 Å². The van der Waals surface area contributed by atoms with Gasteiger partial charge in [-0.05, 0) is 30.3 Å². The molecule has 0 atom stereocenters. The molecule has 0 aliphatic rings.